The number of hydrogen-bond donors (Lipinski definition) is 0. The van der Waals surface area contributed by atoms with Crippen LogP contribution in [0.3, 0.4) is 0 Å². The molecule has 0 N–H and O–H groups in total. The Labute approximate surface area is 120 Å². The molecule has 1 fully saturated rings. The van der Waals surface area contributed by atoms with Crippen LogP contribution in [0.1, 0.15) is 27.2 Å². The summed E-state index contributed by atoms with van der Waals surface area (Å²) in [6, 6.07) is 10.2. The van der Waals surface area contributed by atoms with Gasteiger partial charge < -0.3 is 4.90 Å². The Bertz CT molecular complexity index is 472. The lowest BCUT2D eigenvalue weighted by atomic mass is 10.0. The summed E-state index contributed by atoms with van der Waals surface area (Å²) in [5.41, 5.74) is 1.06. The van der Waals surface area contributed by atoms with Crippen molar-refractivity contribution >= 4 is 28.9 Å². The van der Waals surface area contributed by atoms with Gasteiger partial charge in [0, 0.05) is 18.7 Å². The topological polar surface area (TPSA) is 23.6 Å². The molecule has 0 aromatic heterocycles. The van der Waals surface area contributed by atoms with Crippen molar-refractivity contribution in [3.63, 3.8) is 0 Å². The van der Waals surface area contributed by atoms with Crippen LogP contribution in [0.5, 0.6) is 0 Å². The first-order chi connectivity index (χ1) is 9.06. The van der Waals surface area contributed by atoms with E-state index < -0.39 is 0 Å². The monoisotopic (exact) mass is 276 g/mol. The van der Waals surface area contributed by atoms with Crippen LogP contribution in [0.25, 0.3) is 0 Å². The number of benzene rings is 1. The Morgan fingerprint density at radius 2 is 2.00 bits per heavy atom. The van der Waals surface area contributed by atoms with Gasteiger partial charge in [-0.1, -0.05) is 39.0 Å². The van der Waals surface area contributed by atoms with E-state index in [9.17, 15) is 4.79 Å². The maximum absolute atomic E-state index is 12.1. The van der Waals surface area contributed by atoms with Gasteiger partial charge in [-0.15, -0.1) is 0 Å². The van der Waals surface area contributed by atoms with Crippen LogP contribution in [0.15, 0.2) is 30.3 Å². The van der Waals surface area contributed by atoms with Crippen LogP contribution in [0.2, 0.25) is 0 Å². The quantitative estimate of drug-likeness (QED) is 0.793. The van der Waals surface area contributed by atoms with Crippen LogP contribution in [-0.2, 0) is 4.79 Å². The summed E-state index contributed by atoms with van der Waals surface area (Å²) in [5.74, 6) is 0.504. The minimum absolute atomic E-state index is 0.113. The van der Waals surface area contributed by atoms with Crippen molar-refractivity contribution in [2.45, 2.75) is 33.2 Å². The Balaban J connectivity index is 2.31. The molecule has 3 nitrogen and oxygen atoms in total. The Morgan fingerprint density at radius 3 is 2.53 bits per heavy atom. The molecule has 1 aliphatic heterocycles. The minimum atomic E-state index is 0.113. The average Bonchev–Trinajstić information content (AvgIpc) is 2.77. The normalized spacial score (nSPS) is 19.4. The van der Waals surface area contributed by atoms with Crippen LogP contribution in [0, 0.1) is 5.92 Å². The molecule has 0 unspecified atom stereocenters. The van der Waals surface area contributed by atoms with Gasteiger partial charge >= 0.3 is 0 Å². The zero-order chi connectivity index (χ0) is 14.0. The molecule has 1 aromatic rings. The number of hydrogen-bond acceptors (Lipinski definition) is 2. The van der Waals surface area contributed by atoms with E-state index >= 15 is 0 Å². The fourth-order valence-corrected chi connectivity index (χ4v) is 2.83. The van der Waals surface area contributed by atoms with Crippen molar-refractivity contribution < 1.29 is 4.79 Å². The summed E-state index contributed by atoms with van der Waals surface area (Å²) in [7, 11) is 0. The summed E-state index contributed by atoms with van der Waals surface area (Å²) < 4.78 is 0. The molecule has 1 atom stereocenters. The molecule has 19 heavy (non-hydrogen) atoms. The predicted molar refractivity (Wildman–Crippen MR) is 82.1 cm³/mol. The Kier molecular flexibility index (Phi) is 4.20. The lowest BCUT2D eigenvalue weighted by Gasteiger charge is -2.25. The maximum Gasteiger partial charge on any atom is 0.228 e. The minimum Gasteiger partial charge on any atom is -0.316 e. The van der Waals surface area contributed by atoms with E-state index in [0.717, 1.165) is 12.2 Å². The summed E-state index contributed by atoms with van der Waals surface area (Å²) >= 11 is 5.51. The van der Waals surface area contributed by atoms with Crippen LogP contribution >= 0.6 is 12.2 Å². The molecule has 1 amide bonds. The Hall–Kier alpha value is -1.42. The first kappa shape index (κ1) is 14.0. The molecule has 2 rings (SSSR count). The molecule has 1 saturated heterocycles. The van der Waals surface area contributed by atoms with E-state index in [2.05, 4.69) is 18.7 Å². The van der Waals surface area contributed by atoms with Gasteiger partial charge in [0.15, 0.2) is 5.11 Å². The zero-order valence-electron chi connectivity index (χ0n) is 11.7. The van der Waals surface area contributed by atoms with Crippen molar-refractivity contribution in [3.05, 3.63) is 30.3 Å². The van der Waals surface area contributed by atoms with Gasteiger partial charge in [-0.2, -0.15) is 0 Å². The first-order valence-corrected chi connectivity index (χ1v) is 7.15. The average molecular weight is 276 g/mol. The first-order valence-electron chi connectivity index (χ1n) is 6.74. The van der Waals surface area contributed by atoms with Gasteiger partial charge in [-0.25, -0.2) is 0 Å². The summed E-state index contributed by atoms with van der Waals surface area (Å²) in [4.78, 5) is 16.0. The standard InChI is InChI=1S/C15H20N2OS/c1-4-14(18)17-13(11(2)3)10-16(15(17)19)12-8-6-5-7-9-12/h5-9,11,13H,4,10H2,1-3H3/t13-/m1/s1. The van der Waals surface area contributed by atoms with Crippen molar-refractivity contribution in [1.82, 2.24) is 4.90 Å². The van der Waals surface area contributed by atoms with Gasteiger partial charge in [-0.05, 0) is 30.3 Å². The Morgan fingerprint density at radius 1 is 1.37 bits per heavy atom. The van der Waals surface area contributed by atoms with E-state index in [4.69, 9.17) is 12.2 Å². The molecule has 1 heterocycles. The van der Waals surface area contributed by atoms with Crippen LogP contribution in [-0.4, -0.2) is 28.5 Å². The molecule has 1 aliphatic rings. The van der Waals surface area contributed by atoms with Crippen molar-refractivity contribution in [3.8, 4) is 0 Å². The zero-order valence-corrected chi connectivity index (χ0v) is 12.5. The van der Waals surface area contributed by atoms with E-state index in [-0.39, 0.29) is 11.9 Å². The number of rotatable bonds is 3. The second kappa shape index (κ2) is 5.70. The molecule has 0 radical (unpaired) electrons. The fraction of sp³-hybridized carbons (Fsp3) is 0.467. The smallest absolute Gasteiger partial charge is 0.228 e. The molecule has 102 valence electrons. The largest absolute Gasteiger partial charge is 0.316 e. The van der Waals surface area contributed by atoms with Gasteiger partial charge in [0.05, 0.1) is 6.04 Å². The number of amides is 1. The maximum atomic E-state index is 12.1. The number of carbonyl (C=O) groups excluding carboxylic acids is 1. The number of thiocarbonyl (C=S) groups is 1. The SMILES string of the molecule is CCC(=O)N1C(=S)N(c2ccccc2)C[C@@H]1C(C)C. The van der Waals surface area contributed by atoms with Gasteiger partial charge in [0.2, 0.25) is 5.91 Å². The van der Waals surface area contributed by atoms with Gasteiger partial charge in [0.25, 0.3) is 0 Å². The summed E-state index contributed by atoms with van der Waals surface area (Å²) in [5, 5.41) is 0.636. The van der Waals surface area contributed by atoms with Crippen molar-refractivity contribution in [2.24, 2.45) is 5.92 Å². The second-order valence-electron chi connectivity index (χ2n) is 5.16. The van der Waals surface area contributed by atoms with Crippen LogP contribution in [0.4, 0.5) is 5.69 Å². The molecular formula is C15H20N2OS. The number of anilines is 1. The van der Waals surface area contributed by atoms with E-state index in [1.165, 1.54) is 0 Å². The summed E-state index contributed by atoms with van der Waals surface area (Å²) in [6.45, 7) is 6.94. The molecule has 0 bridgehead atoms. The van der Waals surface area contributed by atoms with E-state index in [1.807, 2.05) is 37.3 Å². The fourth-order valence-electron chi connectivity index (χ4n) is 2.41. The van der Waals surface area contributed by atoms with Gasteiger partial charge in [0.1, 0.15) is 0 Å². The lowest BCUT2D eigenvalue weighted by molar-refractivity contribution is -0.128. The van der Waals surface area contributed by atoms with Crippen LogP contribution < -0.4 is 4.90 Å². The molecule has 0 aliphatic carbocycles. The summed E-state index contributed by atoms with van der Waals surface area (Å²) in [6.07, 6.45) is 0.492. The molecule has 0 saturated carbocycles. The lowest BCUT2D eigenvalue weighted by Crippen LogP contribution is -2.41. The number of para-hydroxylation sites is 1. The molecule has 4 heteroatoms. The highest BCUT2D eigenvalue weighted by atomic mass is 32.1. The number of nitrogens with zero attached hydrogens (tertiary/aromatic N) is 2. The molecule has 0 spiro atoms. The molecule has 1 aromatic carbocycles. The highest BCUT2D eigenvalue weighted by Crippen LogP contribution is 2.28. The van der Waals surface area contributed by atoms with E-state index in [0.29, 0.717) is 17.5 Å². The second-order valence-corrected chi connectivity index (χ2v) is 5.52. The van der Waals surface area contributed by atoms with E-state index in [1.54, 1.807) is 4.90 Å². The van der Waals surface area contributed by atoms with Gasteiger partial charge in [-0.3, -0.25) is 9.69 Å². The van der Waals surface area contributed by atoms with Crippen molar-refractivity contribution in [2.75, 3.05) is 11.4 Å². The third-order valence-corrected chi connectivity index (χ3v) is 3.96. The predicted octanol–water partition coefficient (Wildman–Crippen LogP) is 3.05. The molecular weight excluding hydrogens is 256 g/mol. The highest BCUT2D eigenvalue weighted by Gasteiger charge is 2.39. The third kappa shape index (κ3) is 2.63. The third-order valence-electron chi connectivity index (χ3n) is 3.55. The highest BCUT2D eigenvalue weighted by molar-refractivity contribution is 7.80. The van der Waals surface area contributed by atoms with Crippen molar-refractivity contribution in [1.29, 1.82) is 0 Å². The number of carbonyl (C=O) groups is 1.